The van der Waals surface area contributed by atoms with E-state index < -0.39 is 0 Å². The Hall–Kier alpha value is -6.95. The molecule has 0 aliphatic carbocycles. The van der Waals surface area contributed by atoms with Gasteiger partial charge in [0.25, 0.3) is 0 Å². The number of hydrogen-bond acceptors (Lipinski definition) is 5. The Morgan fingerprint density at radius 2 is 0.889 bits per heavy atom. The van der Waals surface area contributed by atoms with Crippen molar-refractivity contribution in [2.24, 2.45) is 0 Å². The number of anilines is 6. The lowest BCUT2D eigenvalue weighted by molar-refractivity contribution is 0.620. The largest absolute Gasteiger partial charge is 0.434 e. The molecule has 10 aromatic rings. The quantitative estimate of drug-likeness (QED) is 0.157. The normalized spacial score (nSPS) is 11.3. The molecule has 0 saturated heterocycles. The van der Waals surface area contributed by atoms with Gasteiger partial charge < -0.3 is 14.2 Å². The summed E-state index contributed by atoms with van der Waals surface area (Å²) in [5.41, 5.74) is 10.7. The molecule has 0 atom stereocenters. The third-order valence-corrected chi connectivity index (χ3v) is 11.0. The van der Waals surface area contributed by atoms with Gasteiger partial charge in [0.1, 0.15) is 5.52 Å². The van der Waals surface area contributed by atoms with E-state index in [1.807, 2.05) is 53.8 Å². The molecule has 5 heteroatoms. The Morgan fingerprint density at radius 3 is 1.57 bits per heavy atom. The number of thiophene rings is 1. The van der Waals surface area contributed by atoms with Gasteiger partial charge in [-0.05, 0) is 90.0 Å². The van der Waals surface area contributed by atoms with E-state index in [9.17, 15) is 0 Å². The van der Waals surface area contributed by atoms with Crippen LogP contribution in [0.1, 0.15) is 0 Å². The van der Waals surface area contributed by atoms with E-state index in [1.165, 1.54) is 25.7 Å². The molecule has 8 aromatic carbocycles. The summed E-state index contributed by atoms with van der Waals surface area (Å²) >= 11 is 1.82. The SMILES string of the molecule is c1ccc(-c2ccc(N(c3ccccc3)c3ccc(N(c4ccccc4)c4ccc5c(c4)sc4ccccc45)c4nc(-c5ccccc5)oc34)cc2)cc1. The summed E-state index contributed by atoms with van der Waals surface area (Å²) in [6.07, 6.45) is 0. The number of para-hydroxylation sites is 2. The average molecular weight is 712 g/mol. The van der Waals surface area contributed by atoms with Crippen LogP contribution in [0.4, 0.5) is 34.1 Å². The van der Waals surface area contributed by atoms with Crippen LogP contribution in [0.25, 0.3) is 53.9 Å². The highest BCUT2D eigenvalue weighted by molar-refractivity contribution is 7.25. The van der Waals surface area contributed by atoms with Crippen LogP contribution in [0.2, 0.25) is 0 Å². The summed E-state index contributed by atoms with van der Waals surface area (Å²) in [5.74, 6) is 0.569. The molecule has 2 aromatic heterocycles. The average Bonchev–Trinajstić information content (AvgIpc) is 3.86. The van der Waals surface area contributed by atoms with Gasteiger partial charge in [0.05, 0.1) is 11.4 Å². The number of aromatic nitrogens is 1. The van der Waals surface area contributed by atoms with Crippen molar-refractivity contribution in [3.05, 3.63) is 200 Å². The maximum Gasteiger partial charge on any atom is 0.227 e. The molecule has 0 N–H and O–H groups in total. The van der Waals surface area contributed by atoms with Crippen molar-refractivity contribution in [3.63, 3.8) is 0 Å². The van der Waals surface area contributed by atoms with E-state index in [-0.39, 0.29) is 0 Å². The zero-order chi connectivity index (χ0) is 35.8. The summed E-state index contributed by atoms with van der Waals surface area (Å²) in [6, 6.07) is 70.1. The first-order valence-electron chi connectivity index (χ1n) is 18.0. The third-order valence-electron chi connectivity index (χ3n) is 9.89. The van der Waals surface area contributed by atoms with Crippen LogP contribution in [0.3, 0.4) is 0 Å². The van der Waals surface area contributed by atoms with Crippen LogP contribution in [0, 0.1) is 0 Å². The molecule has 0 aliphatic rings. The maximum atomic E-state index is 6.90. The highest BCUT2D eigenvalue weighted by Crippen LogP contribution is 2.47. The molecule has 2 heterocycles. The summed E-state index contributed by atoms with van der Waals surface area (Å²) < 4.78 is 9.42. The van der Waals surface area contributed by atoms with Gasteiger partial charge in [-0.3, -0.25) is 0 Å². The van der Waals surface area contributed by atoms with Crippen molar-refractivity contribution in [2.45, 2.75) is 0 Å². The molecule has 0 spiro atoms. The van der Waals surface area contributed by atoms with Crippen molar-refractivity contribution in [1.82, 2.24) is 4.98 Å². The molecule has 256 valence electrons. The second-order valence-electron chi connectivity index (χ2n) is 13.2. The second-order valence-corrected chi connectivity index (χ2v) is 14.3. The van der Waals surface area contributed by atoms with Crippen LogP contribution in [0.15, 0.2) is 205 Å². The summed E-state index contributed by atoms with van der Waals surface area (Å²) in [4.78, 5) is 9.86. The molecule has 4 nitrogen and oxygen atoms in total. The lowest BCUT2D eigenvalue weighted by Crippen LogP contribution is -2.13. The molecule has 0 amide bonds. The predicted octanol–water partition coefficient (Wildman–Crippen LogP) is 14.5. The van der Waals surface area contributed by atoms with E-state index in [2.05, 4.69) is 168 Å². The van der Waals surface area contributed by atoms with Crippen molar-refractivity contribution in [1.29, 1.82) is 0 Å². The molecule has 0 radical (unpaired) electrons. The molecule has 10 rings (SSSR count). The molecule has 0 saturated carbocycles. The molecule has 54 heavy (non-hydrogen) atoms. The second kappa shape index (κ2) is 13.6. The molecular formula is C49H33N3OS. The van der Waals surface area contributed by atoms with E-state index in [4.69, 9.17) is 9.40 Å². The van der Waals surface area contributed by atoms with Gasteiger partial charge in [0, 0.05) is 48.5 Å². The topological polar surface area (TPSA) is 32.5 Å². The van der Waals surface area contributed by atoms with Crippen LogP contribution in [-0.4, -0.2) is 4.98 Å². The number of rotatable bonds is 8. The van der Waals surface area contributed by atoms with Gasteiger partial charge in [-0.1, -0.05) is 121 Å². The first-order valence-corrected chi connectivity index (χ1v) is 18.9. The number of benzene rings is 8. The van der Waals surface area contributed by atoms with Gasteiger partial charge in [0.2, 0.25) is 5.89 Å². The highest BCUT2D eigenvalue weighted by atomic mass is 32.1. The first kappa shape index (κ1) is 31.8. The van der Waals surface area contributed by atoms with Crippen LogP contribution in [-0.2, 0) is 0 Å². The Balaban J connectivity index is 1.20. The standard InChI is InChI=1S/C49H33N3OS/c1-5-15-34(16-6-1)35-25-27-39(28-26-35)51(37-19-9-3-10-20-37)44-32-31-43(47-48(44)53-49(50-47)36-17-7-2-8-18-36)52(38-21-11-4-12-22-38)40-29-30-42-41-23-13-14-24-45(41)54-46(42)33-40/h1-33H. The fraction of sp³-hybridized carbons (Fsp3) is 0. The van der Waals surface area contributed by atoms with Gasteiger partial charge in [0.15, 0.2) is 5.58 Å². The van der Waals surface area contributed by atoms with Gasteiger partial charge in [-0.2, -0.15) is 0 Å². The third kappa shape index (κ3) is 5.68. The minimum absolute atomic E-state index is 0.569. The number of oxazole rings is 1. The van der Waals surface area contributed by atoms with E-state index in [1.54, 1.807) is 0 Å². The van der Waals surface area contributed by atoms with Crippen molar-refractivity contribution < 1.29 is 4.42 Å². The molecule has 0 aliphatic heterocycles. The van der Waals surface area contributed by atoms with Gasteiger partial charge >= 0.3 is 0 Å². The van der Waals surface area contributed by atoms with Crippen molar-refractivity contribution >= 4 is 76.7 Å². The maximum absolute atomic E-state index is 6.90. The lowest BCUT2D eigenvalue weighted by atomic mass is 10.0. The predicted molar refractivity (Wildman–Crippen MR) is 227 cm³/mol. The molecule has 0 unspecified atom stereocenters. The first-order chi connectivity index (χ1) is 26.8. The van der Waals surface area contributed by atoms with Crippen LogP contribution in [0.5, 0.6) is 0 Å². The fourth-order valence-electron chi connectivity index (χ4n) is 7.34. The smallest absolute Gasteiger partial charge is 0.227 e. The van der Waals surface area contributed by atoms with Crippen LogP contribution < -0.4 is 9.80 Å². The molecule has 0 fully saturated rings. The summed E-state index contributed by atoms with van der Waals surface area (Å²) in [5, 5.41) is 2.54. The molecule has 0 bridgehead atoms. The summed E-state index contributed by atoms with van der Waals surface area (Å²) in [6.45, 7) is 0. The Bertz CT molecular complexity index is 2870. The van der Waals surface area contributed by atoms with Crippen molar-refractivity contribution in [2.75, 3.05) is 9.80 Å². The number of nitrogens with zero attached hydrogens (tertiary/aromatic N) is 3. The Kier molecular flexibility index (Phi) is 7.97. The van der Waals surface area contributed by atoms with E-state index in [0.717, 1.165) is 50.8 Å². The van der Waals surface area contributed by atoms with Crippen LogP contribution >= 0.6 is 11.3 Å². The zero-order valence-electron chi connectivity index (χ0n) is 29.2. The fourth-order valence-corrected chi connectivity index (χ4v) is 8.48. The summed E-state index contributed by atoms with van der Waals surface area (Å²) in [7, 11) is 0. The minimum atomic E-state index is 0.569. The Morgan fingerprint density at radius 1 is 0.389 bits per heavy atom. The van der Waals surface area contributed by atoms with Gasteiger partial charge in [-0.15, -0.1) is 11.3 Å². The minimum Gasteiger partial charge on any atom is -0.434 e. The monoisotopic (exact) mass is 711 g/mol. The Labute approximate surface area is 317 Å². The lowest BCUT2D eigenvalue weighted by Gasteiger charge is -2.28. The van der Waals surface area contributed by atoms with Crippen molar-refractivity contribution in [3.8, 4) is 22.6 Å². The molecular weight excluding hydrogens is 679 g/mol. The number of fused-ring (bicyclic) bond motifs is 4. The van der Waals surface area contributed by atoms with Gasteiger partial charge in [-0.25, -0.2) is 4.98 Å². The van der Waals surface area contributed by atoms with E-state index >= 15 is 0 Å². The highest BCUT2D eigenvalue weighted by Gasteiger charge is 2.25. The van der Waals surface area contributed by atoms with E-state index in [0.29, 0.717) is 11.5 Å². The number of hydrogen-bond donors (Lipinski definition) is 0. The zero-order valence-corrected chi connectivity index (χ0v) is 30.0.